The minimum absolute atomic E-state index is 0.00373. The summed E-state index contributed by atoms with van der Waals surface area (Å²) >= 11 is 0. The van der Waals surface area contributed by atoms with Crippen molar-refractivity contribution < 1.29 is 29.3 Å². The first-order valence-corrected chi connectivity index (χ1v) is 13.4. The Bertz CT molecular complexity index is 1100. The molecule has 2 fully saturated rings. The average molecular weight is 497 g/mol. The van der Waals surface area contributed by atoms with E-state index in [0.717, 1.165) is 30.4 Å². The molecule has 0 saturated heterocycles. The lowest BCUT2D eigenvalue weighted by Crippen LogP contribution is -2.53. The van der Waals surface area contributed by atoms with Crippen molar-refractivity contribution in [3.63, 3.8) is 0 Å². The van der Waals surface area contributed by atoms with Gasteiger partial charge in [0.2, 0.25) is 0 Å². The lowest BCUT2D eigenvalue weighted by atomic mass is 9.55. The minimum Gasteiger partial charge on any atom is -0.458 e. The van der Waals surface area contributed by atoms with Crippen molar-refractivity contribution >= 4 is 11.9 Å². The molecule has 6 nitrogen and oxygen atoms in total. The SMILES string of the molecule is C=C1[C@@H]2C[C@]3(O)C=C4C=CC(=O)OC(C)(C)[C@@H]4CC[C@H]3[C@]2(C)CC[C@@]1(O)[C@@H](C)[C@H]1CC=C(C)C(=O)O1. The van der Waals surface area contributed by atoms with Crippen LogP contribution < -0.4 is 0 Å². The number of cyclic esters (lactones) is 2. The second-order valence-electron chi connectivity index (χ2n) is 12.7. The Labute approximate surface area is 214 Å². The van der Waals surface area contributed by atoms with E-state index >= 15 is 0 Å². The zero-order valence-electron chi connectivity index (χ0n) is 22.2. The second-order valence-corrected chi connectivity index (χ2v) is 12.7. The van der Waals surface area contributed by atoms with Gasteiger partial charge in [0.1, 0.15) is 11.7 Å². The fourth-order valence-corrected chi connectivity index (χ4v) is 8.17. The average Bonchev–Trinajstić information content (AvgIpc) is 2.89. The molecule has 2 aliphatic heterocycles. The van der Waals surface area contributed by atoms with Crippen LogP contribution in [-0.2, 0) is 19.1 Å². The first-order valence-electron chi connectivity index (χ1n) is 13.4. The first kappa shape index (κ1) is 25.5. The number of aliphatic hydroxyl groups is 2. The Morgan fingerprint density at radius 1 is 1.08 bits per heavy atom. The number of carbonyl (C=O) groups excluding carboxylic acids is 2. The molecule has 0 aromatic heterocycles. The van der Waals surface area contributed by atoms with Crippen LogP contribution >= 0.6 is 0 Å². The van der Waals surface area contributed by atoms with Gasteiger partial charge < -0.3 is 19.7 Å². The van der Waals surface area contributed by atoms with E-state index < -0.39 is 22.9 Å². The monoisotopic (exact) mass is 496 g/mol. The molecule has 2 heterocycles. The van der Waals surface area contributed by atoms with Crippen LogP contribution in [0.15, 0.2) is 47.6 Å². The molecular formula is C30H40O6. The molecule has 0 amide bonds. The fraction of sp³-hybridized carbons (Fsp3) is 0.667. The number of fused-ring (bicyclic) bond motifs is 4. The zero-order chi connectivity index (χ0) is 26.3. The molecule has 36 heavy (non-hydrogen) atoms. The minimum atomic E-state index is -1.17. The normalized spacial score (nSPS) is 44.6. The van der Waals surface area contributed by atoms with Gasteiger partial charge in [-0.05, 0) is 87.3 Å². The van der Waals surface area contributed by atoms with E-state index in [1.165, 1.54) is 6.08 Å². The molecule has 2 saturated carbocycles. The number of rotatable bonds is 2. The highest BCUT2D eigenvalue weighted by molar-refractivity contribution is 5.88. The summed E-state index contributed by atoms with van der Waals surface area (Å²) in [5, 5.41) is 24.2. The summed E-state index contributed by atoms with van der Waals surface area (Å²) in [5.41, 5.74) is -0.810. The topological polar surface area (TPSA) is 93.1 Å². The van der Waals surface area contributed by atoms with E-state index in [1.54, 1.807) is 6.92 Å². The van der Waals surface area contributed by atoms with Gasteiger partial charge in [-0.25, -0.2) is 9.59 Å². The number of hydrogen-bond acceptors (Lipinski definition) is 6. The molecule has 5 aliphatic rings. The second kappa shape index (κ2) is 8.16. The third kappa shape index (κ3) is 3.66. The summed E-state index contributed by atoms with van der Waals surface area (Å²) in [6.07, 6.45) is 10.7. The third-order valence-electron chi connectivity index (χ3n) is 10.5. The summed E-state index contributed by atoms with van der Waals surface area (Å²) in [5.74, 6) is -1.04. The molecule has 5 rings (SSSR count). The lowest BCUT2D eigenvalue weighted by Gasteiger charge is -2.52. The Hall–Kier alpha value is -2.18. The number of ether oxygens (including phenoxy) is 2. The molecule has 196 valence electrons. The Morgan fingerprint density at radius 2 is 1.81 bits per heavy atom. The zero-order valence-corrected chi connectivity index (χ0v) is 22.2. The standard InChI is InChI=1S/C30H40O6/c1-17-7-10-23(35-26(17)32)19(3)30(34)14-13-28(6)22(18(30)2)16-29(33)15-20-8-12-25(31)36-27(4,5)21(20)9-11-24(28)29/h7-8,12,15,19,21-24,33-34H,2,9-11,13-14,16H2,1,3-6H3/t19-,21+,22-,23+,24-,28+,29+,30-/m0/s1. The van der Waals surface area contributed by atoms with Gasteiger partial charge in [-0.15, -0.1) is 0 Å². The van der Waals surface area contributed by atoms with Crippen LogP contribution in [0.3, 0.4) is 0 Å². The van der Waals surface area contributed by atoms with Gasteiger partial charge in [0, 0.05) is 29.9 Å². The van der Waals surface area contributed by atoms with Crippen molar-refractivity contribution in [2.24, 2.45) is 29.1 Å². The van der Waals surface area contributed by atoms with Crippen LogP contribution in [0.5, 0.6) is 0 Å². The van der Waals surface area contributed by atoms with Crippen LogP contribution in [0.1, 0.15) is 73.1 Å². The van der Waals surface area contributed by atoms with Gasteiger partial charge in [-0.1, -0.05) is 32.6 Å². The highest BCUT2D eigenvalue weighted by Crippen LogP contribution is 2.66. The lowest BCUT2D eigenvalue weighted by molar-refractivity contribution is -0.156. The fourth-order valence-electron chi connectivity index (χ4n) is 8.17. The van der Waals surface area contributed by atoms with Gasteiger partial charge >= 0.3 is 11.9 Å². The maximum atomic E-state index is 12.2. The Balaban J connectivity index is 1.47. The highest BCUT2D eigenvalue weighted by Gasteiger charge is 2.65. The van der Waals surface area contributed by atoms with E-state index in [2.05, 4.69) is 13.5 Å². The molecule has 0 spiro atoms. The quantitative estimate of drug-likeness (QED) is 0.430. The summed E-state index contributed by atoms with van der Waals surface area (Å²) in [6, 6.07) is 0. The molecule has 0 aromatic carbocycles. The van der Waals surface area contributed by atoms with Gasteiger partial charge in [0.25, 0.3) is 0 Å². The summed E-state index contributed by atoms with van der Waals surface area (Å²) in [7, 11) is 0. The van der Waals surface area contributed by atoms with Gasteiger partial charge in [0.05, 0.1) is 11.2 Å². The van der Waals surface area contributed by atoms with E-state index in [1.807, 2.05) is 39.0 Å². The van der Waals surface area contributed by atoms with Crippen LogP contribution in [0.25, 0.3) is 0 Å². The van der Waals surface area contributed by atoms with Crippen molar-refractivity contribution in [2.45, 2.75) is 96.1 Å². The summed E-state index contributed by atoms with van der Waals surface area (Å²) in [6.45, 7) is 14.3. The number of carbonyl (C=O) groups is 2. The van der Waals surface area contributed by atoms with Crippen LogP contribution in [0.2, 0.25) is 0 Å². The highest BCUT2D eigenvalue weighted by atomic mass is 16.6. The predicted octanol–water partition coefficient (Wildman–Crippen LogP) is 4.57. The van der Waals surface area contributed by atoms with E-state index in [0.29, 0.717) is 24.8 Å². The Morgan fingerprint density at radius 3 is 2.50 bits per heavy atom. The Kier molecular flexibility index (Phi) is 5.77. The van der Waals surface area contributed by atoms with Crippen molar-refractivity contribution in [1.29, 1.82) is 0 Å². The van der Waals surface area contributed by atoms with Crippen molar-refractivity contribution in [2.75, 3.05) is 0 Å². The molecular weight excluding hydrogens is 456 g/mol. The van der Waals surface area contributed by atoms with Gasteiger partial charge in [-0.2, -0.15) is 0 Å². The van der Waals surface area contributed by atoms with E-state index in [4.69, 9.17) is 9.47 Å². The maximum absolute atomic E-state index is 12.2. The molecule has 0 bridgehead atoms. The van der Waals surface area contributed by atoms with Crippen molar-refractivity contribution in [3.8, 4) is 0 Å². The van der Waals surface area contributed by atoms with Gasteiger partial charge in [0.15, 0.2) is 0 Å². The van der Waals surface area contributed by atoms with E-state index in [9.17, 15) is 19.8 Å². The molecule has 6 heteroatoms. The smallest absolute Gasteiger partial charge is 0.333 e. The van der Waals surface area contributed by atoms with Gasteiger partial charge in [-0.3, -0.25) is 0 Å². The summed E-state index contributed by atoms with van der Waals surface area (Å²) in [4.78, 5) is 24.4. The molecule has 8 atom stereocenters. The molecule has 0 aromatic rings. The molecule has 0 radical (unpaired) electrons. The number of esters is 2. The molecule has 0 unspecified atom stereocenters. The van der Waals surface area contributed by atoms with Crippen molar-refractivity contribution in [1.82, 2.24) is 0 Å². The van der Waals surface area contributed by atoms with E-state index in [-0.39, 0.29) is 41.0 Å². The maximum Gasteiger partial charge on any atom is 0.333 e. The molecule has 3 aliphatic carbocycles. The predicted molar refractivity (Wildman–Crippen MR) is 136 cm³/mol. The van der Waals surface area contributed by atoms with Crippen LogP contribution in [0, 0.1) is 29.1 Å². The van der Waals surface area contributed by atoms with Crippen molar-refractivity contribution in [3.05, 3.63) is 47.6 Å². The first-order chi connectivity index (χ1) is 16.7. The number of allylic oxidation sites excluding steroid dienone is 1. The van der Waals surface area contributed by atoms with Crippen LogP contribution in [0.4, 0.5) is 0 Å². The number of hydrogen-bond donors (Lipinski definition) is 2. The van der Waals surface area contributed by atoms with Crippen LogP contribution in [-0.4, -0.2) is 45.1 Å². The summed E-state index contributed by atoms with van der Waals surface area (Å²) < 4.78 is 11.4. The largest absolute Gasteiger partial charge is 0.458 e. The third-order valence-corrected chi connectivity index (χ3v) is 10.5. The molecule has 2 N–H and O–H groups in total.